The fourth-order valence-corrected chi connectivity index (χ4v) is 2.27. The standard InChI is InChI=1S/C17H16ClN3O/c1-2-12-5-3-4-6-16(12)21-17(22)11-20-14-8-7-13(10-19)15(18)9-14/h3-9,20H,2,11H2,1H3,(H,21,22). The van der Waals surface area contributed by atoms with E-state index in [4.69, 9.17) is 16.9 Å². The topological polar surface area (TPSA) is 64.9 Å². The molecule has 0 aromatic heterocycles. The summed E-state index contributed by atoms with van der Waals surface area (Å²) in [7, 11) is 0. The van der Waals surface area contributed by atoms with Gasteiger partial charge in [0.15, 0.2) is 0 Å². The van der Waals surface area contributed by atoms with E-state index in [1.807, 2.05) is 37.3 Å². The smallest absolute Gasteiger partial charge is 0.243 e. The van der Waals surface area contributed by atoms with Gasteiger partial charge < -0.3 is 10.6 Å². The molecule has 0 fully saturated rings. The molecule has 0 spiro atoms. The first-order chi connectivity index (χ1) is 10.6. The van der Waals surface area contributed by atoms with E-state index in [1.165, 1.54) is 0 Å². The number of nitrogens with one attached hydrogen (secondary N) is 2. The Morgan fingerprint density at radius 3 is 2.73 bits per heavy atom. The van der Waals surface area contributed by atoms with Crippen molar-refractivity contribution in [1.82, 2.24) is 0 Å². The van der Waals surface area contributed by atoms with Gasteiger partial charge in [-0.25, -0.2) is 0 Å². The third-order valence-corrected chi connectivity index (χ3v) is 3.53. The molecular formula is C17H16ClN3O. The van der Waals surface area contributed by atoms with E-state index >= 15 is 0 Å². The quantitative estimate of drug-likeness (QED) is 0.881. The Labute approximate surface area is 134 Å². The zero-order chi connectivity index (χ0) is 15.9. The van der Waals surface area contributed by atoms with E-state index in [1.54, 1.807) is 18.2 Å². The molecule has 2 aromatic rings. The molecule has 0 aliphatic heterocycles. The molecular weight excluding hydrogens is 298 g/mol. The number of aryl methyl sites for hydroxylation is 1. The third-order valence-electron chi connectivity index (χ3n) is 3.21. The van der Waals surface area contributed by atoms with Crippen LogP contribution >= 0.6 is 11.6 Å². The van der Waals surface area contributed by atoms with E-state index in [9.17, 15) is 4.79 Å². The molecule has 0 bridgehead atoms. The van der Waals surface area contributed by atoms with Crippen molar-refractivity contribution in [3.63, 3.8) is 0 Å². The summed E-state index contributed by atoms with van der Waals surface area (Å²) in [6.07, 6.45) is 0.856. The van der Waals surface area contributed by atoms with Crippen LogP contribution < -0.4 is 10.6 Å². The predicted molar refractivity (Wildman–Crippen MR) is 89.1 cm³/mol. The molecule has 2 rings (SSSR count). The number of benzene rings is 2. The summed E-state index contributed by atoms with van der Waals surface area (Å²) in [6, 6.07) is 14.7. The Morgan fingerprint density at radius 1 is 1.27 bits per heavy atom. The molecule has 1 amide bonds. The van der Waals surface area contributed by atoms with Gasteiger partial charge in [-0.3, -0.25) is 4.79 Å². The van der Waals surface area contributed by atoms with Crippen molar-refractivity contribution in [3.8, 4) is 6.07 Å². The second kappa shape index (κ2) is 7.48. The van der Waals surface area contributed by atoms with Crippen LogP contribution in [-0.4, -0.2) is 12.5 Å². The zero-order valence-corrected chi connectivity index (χ0v) is 12.9. The minimum Gasteiger partial charge on any atom is -0.376 e. The normalized spacial score (nSPS) is 9.86. The van der Waals surface area contributed by atoms with Crippen molar-refractivity contribution in [3.05, 3.63) is 58.6 Å². The van der Waals surface area contributed by atoms with Gasteiger partial charge in [-0.2, -0.15) is 5.26 Å². The lowest BCUT2D eigenvalue weighted by molar-refractivity contribution is -0.114. The van der Waals surface area contributed by atoms with Crippen molar-refractivity contribution in [2.24, 2.45) is 0 Å². The van der Waals surface area contributed by atoms with E-state index in [0.29, 0.717) is 16.3 Å². The van der Waals surface area contributed by atoms with Crippen molar-refractivity contribution < 1.29 is 4.79 Å². The summed E-state index contributed by atoms with van der Waals surface area (Å²) in [4.78, 5) is 12.0. The van der Waals surface area contributed by atoms with Crippen LogP contribution in [0.2, 0.25) is 5.02 Å². The number of nitriles is 1. The summed E-state index contributed by atoms with van der Waals surface area (Å²) in [5, 5.41) is 15.1. The van der Waals surface area contributed by atoms with Gasteiger partial charge in [-0.15, -0.1) is 0 Å². The molecule has 2 N–H and O–H groups in total. The molecule has 0 atom stereocenters. The van der Waals surface area contributed by atoms with E-state index < -0.39 is 0 Å². The summed E-state index contributed by atoms with van der Waals surface area (Å²) >= 11 is 5.95. The number of carbonyl (C=O) groups is 1. The number of hydrogen-bond donors (Lipinski definition) is 2. The van der Waals surface area contributed by atoms with Crippen LogP contribution in [0, 0.1) is 11.3 Å². The van der Waals surface area contributed by atoms with Gasteiger partial charge in [0.1, 0.15) is 6.07 Å². The highest BCUT2D eigenvalue weighted by Crippen LogP contribution is 2.20. The van der Waals surface area contributed by atoms with Crippen molar-refractivity contribution >= 4 is 28.9 Å². The van der Waals surface area contributed by atoms with Crippen molar-refractivity contribution in [1.29, 1.82) is 5.26 Å². The Balaban J connectivity index is 1.96. The number of nitrogens with zero attached hydrogens (tertiary/aromatic N) is 1. The van der Waals surface area contributed by atoms with Gasteiger partial charge in [-0.1, -0.05) is 36.7 Å². The van der Waals surface area contributed by atoms with Crippen LogP contribution in [0.4, 0.5) is 11.4 Å². The average molecular weight is 314 g/mol. The third kappa shape index (κ3) is 4.00. The average Bonchev–Trinajstić information content (AvgIpc) is 2.53. The summed E-state index contributed by atoms with van der Waals surface area (Å²) in [5.41, 5.74) is 3.03. The molecule has 5 heteroatoms. The van der Waals surface area contributed by atoms with Gasteiger partial charge in [0.2, 0.25) is 5.91 Å². The van der Waals surface area contributed by atoms with Crippen LogP contribution in [-0.2, 0) is 11.2 Å². The van der Waals surface area contributed by atoms with Gasteiger partial charge in [-0.05, 0) is 36.2 Å². The second-order valence-electron chi connectivity index (χ2n) is 4.72. The number of para-hydroxylation sites is 1. The lowest BCUT2D eigenvalue weighted by Crippen LogP contribution is -2.22. The first-order valence-corrected chi connectivity index (χ1v) is 7.33. The molecule has 0 radical (unpaired) electrons. The number of hydrogen-bond acceptors (Lipinski definition) is 3. The minimum atomic E-state index is -0.138. The maximum absolute atomic E-state index is 12.0. The molecule has 0 saturated carbocycles. The molecule has 2 aromatic carbocycles. The second-order valence-corrected chi connectivity index (χ2v) is 5.13. The number of amides is 1. The molecule has 0 heterocycles. The highest BCUT2D eigenvalue weighted by atomic mass is 35.5. The Bertz CT molecular complexity index is 722. The van der Waals surface area contributed by atoms with Gasteiger partial charge >= 0.3 is 0 Å². The fraction of sp³-hybridized carbons (Fsp3) is 0.176. The predicted octanol–water partition coefficient (Wildman–Crippen LogP) is 3.82. The molecule has 4 nitrogen and oxygen atoms in total. The Morgan fingerprint density at radius 2 is 2.05 bits per heavy atom. The molecule has 0 saturated heterocycles. The van der Waals surface area contributed by atoms with Crippen molar-refractivity contribution in [2.45, 2.75) is 13.3 Å². The maximum atomic E-state index is 12.0. The fourth-order valence-electron chi connectivity index (χ4n) is 2.04. The van der Waals surface area contributed by atoms with E-state index in [-0.39, 0.29) is 12.5 Å². The van der Waals surface area contributed by atoms with Gasteiger partial charge in [0.25, 0.3) is 0 Å². The minimum absolute atomic E-state index is 0.125. The molecule has 0 aliphatic rings. The number of rotatable bonds is 5. The molecule has 0 unspecified atom stereocenters. The van der Waals surface area contributed by atoms with E-state index in [2.05, 4.69) is 10.6 Å². The van der Waals surface area contributed by atoms with Crippen molar-refractivity contribution in [2.75, 3.05) is 17.2 Å². The lowest BCUT2D eigenvalue weighted by Gasteiger charge is -2.11. The molecule has 112 valence electrons. The largest absolute Gasteiger partial charge is 0.376 e. The molecule has 0 aliphatic carbocycles. The van der Waals surface area contributed by atoms with Crippen LogP contribution in [0.15, 0.2) is 42.5 Å². The Kier molecular flexibility index (Phi) is 5.40. The highest BCUT2D eigenvalue weighted by molar-refractivity contribution is 6.32. The van der Waals surface area contributed by atoms with Crippen LogP contribution in [0.25, 0.3) is 0 Å². The first kappa shape index (κ1) is 15.9. The monoisotopic (exact) mass is 313 g/mol. The summed E-state index contributed by atoms with van der Waals surface area (Å²) in [6.45, 7) is 2.17. The number of anilines is 2. The van der Waals surface area contributed by atoms with Gasteiger partial charge in [0.05, 0.1) is 17.1 Å². The summed E-state index contributed by atoms with van der Waals surface area (Å²) < 4.78 is 0. The SMILES string of the molecule is CCc1ccccc1NC(=O)CNc1ccc(C#N)c(Cl)c1. The Hall–Kier alpha value is -2.51. The van der Waals surface area contributed by atoms with Crippen LogP contribution in [0.5, 0.6) is 0 Å². The van der Waals surface area contributed by atoms with Crippen LogP contribution in [0.1, 0.15) is 18.1 Å². The zero-order valence-electron chi connectivity index (χ0n) is 12.2. The number of halogens is 1. The van der Waals surface area contributed by atoms with Gasteiger partial charge in [0, 0.05) is 11.4 Å². The summed E-state index contributed by atoms with van der Waals surface area (Å²) in [5.74, 6) is -0.138. The highest BCUT2D eigenvalue weighted by Gasteiger charge is 2.06. The van der Waals surface area contributed by atoms with E-state index in [0.717, 1.165) is 17.7 Å². The molecule has 22 heavy (non-hydrogen) atoms. The first-order valence-electron chi connectivity index (χ1n) is 6.95. The maximum Gasteiger partial charge on any atom is 0.243 e. The van der Waals surface area contributed by atoms with Crippen LogP contribution in [0.3, 0.4) is 0 Å². The lowest BCUT2D eigenvalue weighted by atomic mass is 10.1. The number of carbonyl (C=O) groups excluding carboxylic acids is 1.